The first-order valence-corrected chi connectivity index (χ1v) is 9.27. The minimum absolute atomic E-state index is 0.132. The molecular weight excluding hydrogens is 366 g/mol. The number of nitrogens with zero attached hydrogens (tertiary/aromatic N) is 5. The van der Waals surface area contributed by atoms with Gasteiger partial charge in [-0.3, -0.25) is 14.5 Å². The zero-order chi connectivity index (χ0) is 21.2. The second-order valence-electron chi connectivity index (χ2n) is 7.49. The molecule has 0 fully saturated rings. The third-order valence-electron chi connectivity index (χ3n) is 5.36. The number of nitrogen functional groups attached to an aromatic ring is 1. The Morgan fingerprint density at radius 1 is 1.14 bits per heavy atom. The third kappa shape index (κ3) is 4.01. The number of allylic oxidation sites excluding steroid dienone is 2. The molecule has 3 heterocycles. The van der Waals surface area contributed by atoms with Gasteiger partial charge in [-0.15, -0.1) is 0 Å². The zero-order valence-corrected chi connectivity index (χ0v) is 17.0. The first kappa shape index (κ1) is 20.2. The summed E-state index contributed by atoms with van der Waals surface area (Å²) in [4.78, 5) is 25.1. The summed E-state index contributed by atoms with van der Waals surface area (Å²) < 4.78 is 1.59. The van der Waals surface area contributed by atoms with Gasteiger partial charge in [0.25, 0.3) is 0 Å². The van der Waals surface area contributed by atoms with Gasteiger partial charge >= 0.3 is 0 Å². The molecule has 0 aromatic carbocycles. The molecule has 1 atom stereocenters. The van der Waals surface area contributed by atoms with Crippen LogP contribution in [0.1, 0.15) is 36.7 Å². The number of hydrogen-bond acceptors (Lipinski definition) is 7. The highest BCUT2D eigenvalue weighted by atomic mass is 16.1. The summed E-state index contributed by atoms with van der Waals surface area (Å²) in [6.07, 6.45) is 9.73. The molecule has 29 heavy (non-hydrogen) atoms. The van der Waals surface area contributed by atoms with Gasteiger partial charge in [0.2, 0.25) is 5.95 Å². The topological polar surface area (TPSA) is 126 Å². The second-order valence-corrected chi connectivity index (χ2v) is 7.49. The van der Waals surface area contributed by atoms with Crippen molar-refractivity contribution in [1.29, 1.82) is 0 Å². The first-order valence-electron chi connectivity index (χ1n) is 9.27. The van der Waals surface area contributed by atoms with Crippen LogP contribution in [0.3, 0.4) is 0 Å². The number of pyridine rings is 1. The fourth-order valence-corrected chi connectivity index (χ4v) is 3.10. The Labute approximate surface area is 169 Å². The second kappa shape index (κ2) is 7.83. The lowest BCUT2D eigenvalue weighted by molar-refractivity contribution is 0.104. The SMILES string of the molecule is CC(C)C(C)(C(N)=CC(=O)c1cnn(C)c1)c1ccc(-c2cnc(N)nc2)nc1. The van der Waals surface area contributed by atoms with Gasteiger partial charge in [0.05, 0.1) is 17.5 Å². The minimum Gasteiger partial charge on any atom is -0.401 e. The zero-order valence-electron chi connectivity index (χ0n) is 17.0. The van der Waals surface area contributed by atoms with Crippen LogP contribution in [0.5, 0.6) is 0 Å². The van der Waals surface area contributed by atoms with Gasteiger partial charge in [0, 0.05) is 54.6 Å². The number of carbonyl (C=O) groups excluding carboxylic acids is 1. The maximum absolute atomic E-state index is 12.6. The number of hydrogen-bond donors (Lipinski definition) is 2. The van der Waals surface area contributed by atoms with Crippen LogP contribution >= 0.6 is 0 Å². The van der Waals surface area contributed by atoms with E-state index in [0.717, 1.165) is 16.8 Å². The monoisotopic (exact) mass is 391 g/mol. The van der Waals surface area contributed by atoms with Crippen molar-refractivity contribution < 1.29 is 4.79 Å². The van der Waals surface area contributed by atoms with Crippen LogP contribution < -0.4 is 11.5 Å². The summed E-state index contributed by atoms with van der Waals surface area (Å²) in [7, 11) is 1.77. The Balaban J connectivity index is 1.94. The number of aryl methyl sites for hydroxylation is 1. The number of carbonyl (C=O) groups is 1. The van der Waals surface area contributed by atoms with E-state index in [2.05, 4.69) is 33.9 Å². The molecule has 150 valence electrons. The summed E-state index contributed by atoms with van der Waals surface area (Å²) in [5.41, 5.74) is 14.8. The van der Waals surface area contributed by atoms with Crippen LogP contribution in [-0.4, -0.2) is 30.5 Å². The van der Waals surface area contributed by atoms with Crippen LogP contribution in [0.4, 0.5) is 5.95 Å². The number of aromatic nitrogens is 5. The molecule has 3 aromatic heterocycles. The predicted octanol–water partition coefficient (Wildman–Crippen LogP) is 2.49. The Kier molecular flexibility index (Phi) is 5.45. The molecule has 3 aromatic rings. The molecule has 1 unspecified atom stereocenters. The summed E-state index contributed by atoms with van der Waals surface area (Å²) in [6, 6.07) is 3.86. The van der Waals surface area contributed by atoms with Crippen molar-refractivity contribution >= 4 is 11.7 Å². The summed E-state index contributed by atoms with van der Waals surface area (Å²) in [6.45, 7) is 6.15. The van der Waals surface area contributed by atoms with Crippen molar-refractivity contribution in [1.82, 2.24) is 24.7 Å². The third-order valence-corrected chi connectivity index (χ3v) is 5.36. The fraction of sp³-hybridized carbons (Fsp3) is 0.286. The number of ketones is 1. The van der Waals surface area contributed by atoms with Crippen molar-refractivity contribution in [3.63, 3.8) is 0 Å². The standard InChI is InChI=1S/C21H25N7O/c1-13(2)21(3,19(22)7-18(29)15-10-27-28(4)12-15)16-5-6-17(24-11-16)14-8-25-20(23)26-9-14/h5-13H,22H2,1-4H3,(H2,23,25,26). The van der Waals surface area contributed by atoms with Gasteiger partial charge in [-0.2, -0.15) is 5.10 Å². The number of rotatable bonds is 6. The average Bonchev–Trinajstić information content (AvgIpc) is 3.14. The van der Waals surface area contributed by atoms with Crippen LogP contribution in [0.15, 0.2) is 54.9 Å². The van der Waals surface area contributed by atoms with E-state index in [4.69, 9.17) is 11.5 Å². The largest absolute Gasteiger partial charge is 0.401 e. The summed E-state index contributed by atoms with van der Waals surface area (Å²) in [5, 5.41) is 4.04. The first-order chi connectivity index (χ1) is 13.7. The molecular formula is C21H25N7O. The smallest absolute Gasteiger partial charge is 0.219 e. The van der Waals surface area contributed by atoms with Crippen LogP contribution in [0.25, 0.3) is 11.3 Å². The molecule has 0 radical (unpaired) electrons. The van der Waals surface area contributed by atoms with Crippen molar-refractivity contribution in [3.05, 3.63) is 66.0 Å². The Morgan fingerprint density at radius 2 is 1.83 bits per heavy atom. The molecule has 8 nitrogen and oxygen atoms in total. The molecule has 8 heteroatoms. The fourth-order valence-electron chi connectivity index (χ4n) is 3.10. The van der Waals surface area contributed by atoms with Gasteiger partial charge in [-0.05, 0) is 24.5 Å². The van der Waals surface area contributed by atoms with E-state index in [0.29, 0.717) is 11.3 Å². The molecule has 0 saturated carbocycles. The number of nitrogens with two attached hydrogens (primary N) is 2. The van der Waals surface area contributed by atoms with Gasteiger partial charge in [0.1, 0.15) is 0 Å². The van der Waals surface area contributed by atoms with E-state index < -0.39 is 5.41 Å². The molecule has 0 bridgehead atoms. The number of anilines is 1. The quantitative estimate of drug-likeness (QED) is 0.488. The molecule has 0 aliphatic heterocycles. The lowest BCUT2D eigenvalue weighted by Crippen LogP contribution is -2.35. The van der Waals surface area contributed by atoms with Gasteiger partial charge in [0.15, 0.2) is 5.78 Å². The molecule has 0 amide bonds. The van der Waals surface area contributed by atoms with Crippen LogP contribution in [0.2, 0.25) is 0 Å². The van der Waals surface area contributed by atoms with Crippen molar-refractivity contribution in [2.24, 2.45) is 18.7 Å². The van der Waals surface area contributed by atoms with Crippen LogP contribution in [0, 0.1) is 5.92 Å². The maximum atomic E-state index is 12.6. The average molecular weight is 391 g/mol. The van der Waals surface area contributed by atoms with Crippen molar-refractivity contribution in [2.75, 3.05) is 5.73 Å². The van der Waals surface area contributed by atoms with Gasteiger partial charge < -0.3 is 11.5 Å². The molecule has 0 aliphatic rings. The van der Waals surface area contributed by atoms with Crippen LogP contribution in [-0.2, 0) is 12.5 Å². The Bertz CT molecular complexity index is 1040. The highest BCUT2D eigenvalue weighted by Crippen LogP contribution is 2.37. The lowest BCUT2D eigenvalue weighted by Gasteiger charge is -2.35. The molecule has 4 N–H and O–H groups in total. The summed E-state index contributed by atoms with van der Waals surface area (Å²) in [5.74, 6) is 0.174. The maximum Gasteiger partial charge on any atom is 0.219 e. The Hall–Kier alpha value is -3.55. The van der Waals surface area contributed by atoms with E-state index in [1.807, 2.05) is 19.1 Å². The van der Waals surface area contributed by atoms with Gasteiger partial charge in [-0.25, -0.2) is 9.97 Å². The van der Waals surface area contributed by atoms with E-state index in [-0.39, 0.29) is 17.6 Å². The van der Waals surface area contributed by atoms with E-state index in [9.17, 15) is 4.79 Å². The van der Waals surface area contributed by atoms with E-state index in [1.54, 1.807) is 36.5 Å². The minimum atomic E-state index is -0.568. The predicted molar refractivity (Wildman–Crippen MR) is 112 cm³/mol. The van der Waals surface area contributed by atoms with Gasteiger partial charge in [-0.1, -0.05) is 19.9 Å². The lowest BCUT2D eigenvalue weighted by atomic mass is 9.71. The normalized spacial score (nSPS) is 14.0. The summed E-state index contributed by atoms with van der Waals surface area (Å²) >= 11 is 0. The molecule has 0 aliphatic carbocycles. The molecule has 3 rings (SSSR count). The highest BCUT2D eigenvalue weighted by molar-refractivity contribution is 6.04. The molecule has 0 saturated heterocycles. The van der Waals surface area contributed by atoms with Crippen molar-refractivity contribution in [3.8, 4) is 11.3 Å². The Morgan fingerprint density at radius 3 is 2.34 bits per heavy atom. The van der Waals surface area contributed by atoms with Crippen molar-refractivity contribution in [2.45, 2.75) is 26.2 Å². The van der Waals surface area contributed by atoms with E-state index in [1.165, 1.54) is 12.3 Å². The van der Waals surface area contributed by atoms with E-state index >= 15 is 0 Å². The highest BCUT2D eigenvalue weighted by Gasteiger charge is 2.34. The molecule has 0 spiro atoms.